The van der Waals surface area contributed by atoms with E-state index in [1.54, 1.807) is 7.11 Å². The summed E-state index contributed by atoms with van der Waals surface area (Å²) in [6.07, 6.45) is 2.11. The van der Waals surface area contributed by atoms with Crippen molar-refractivity contribution in [3.8, 4) is 5.75 Å². The minimum atomic E-state index is 0.0733. The molecular weight excluding hydrogens is 260 g/mol. The van der Waals surface area contributed by atoms with Crippen LogP contribution in [-0.2, 0) is 6.42 Å². The summed E-state index contributed by atoms with van der Waals surface area (Å²) in [5.41, 5.74) is 2.63. The Balaban J connectivity index is 3.03. The van der Waals surface area contributed by atoms with Gasteiger partial charge < -0.3 is 15.0 Å². The van der Waals surface area contributed by atoms with Crippen molar-refractivity contribution < 1.29 is 4.74 Å². The van der Waals surface area contributed by atoms with Crippen LogP contribution in [0.3, 0.4) is 0 Å². The van der Waals surface area contributed by atoms with Crippen LogP contribution in [0.5, 0.6) is 5.75 Å². The van der Waals surface area contributed by atoms with E-state index in [1.807, 2.05) is 0 Å². The molecule has 0 radical (unpaired) electrons. The van der Waals surface area contributed by atoms with Gasteiger partial charge in [0.15, 0.2) is 0 Å². The lowest BCUT2D eigenvalue weighted by molar-refractivity contribution is 0.136. The molecular formula is C18H32N2O. The second-order valence-corrected chi connectivity index (χ2v) is 6.57. The molecule has 0 saturated heterocycles. The van der Waals surface area contributed by atoms with E-state index in [0.29, 0.717) is 6.04 Å². The van der Waals surface area contributed by atoms with Crippen molar-refractivity contribution in [2.45, 2.75) is 52.1 Å². The molecule has 0 heterocycles. The maximum Gasteiger partial charge on any atom is 0.122 e. The molecule has 21 heavy (non-hydrogen) atoms. The Hall–Kier alpha value is -1.06. The molecule has 120 valence electrons. The highest BCUT2D eigenvalue weighted by molar-refractivity contribution is 5.37. The van der Waals surface area contributed by atoms with Crippen molar-refractivity contribution in [1.82, 2.24) is 10.2 Å². The van der Waals surface area contributed by atoms with Gasteiger partial charge in [0.1, 0.15) is 5.75 Å². The highest BCUT2D eigenvalue weighted by atomic mass is 16.5. The molecule has 1 rings (SSSR count). The van der Waals surface area contributed by atoms with Crippen LogP contribution < -0.4 is 10.1 Å². The highest BCUT2D eigenvalue weighted by Gasteiger charge is 2.31. The predicted octanol–water partition coefficient (Wildman–Crippen LogP) is 3.25. The Morgan fingerprint density at radius 1 is 1.29 bits per heavy atom. The molecule has 0 aliphatic heterocycles. The fourth-order valence-electron chi connectivity index (χ4n) is 2.49. The van der Waals surface area contributed by atoms with Gasteiger partial charge in [0.05, 0.1) is 7.11 Å². The molecule has 1 unspecified atom stereocenters. The second-order valence-electron chi connectivity index (χ2n) is 6.57. The summed E-state index contributed by atoms with van der Waals surface area (Å²) >= 11 is 0. The Morgan fingerprint density at radius 2 is 1.95 bits per heavy atom. The molecule has 0 amide bonds. The van der Waals surface area contributed by atoms with E-state index >= 15 is 0 Å². The van der Waals surface area contributed by atoms with Gasteiger partial charge in [-0.1, -0.05) is 24.6 Å². The average molecular weight is 292 g/mol. The number of hydrogen-bond donors (Lipinski definition) is 1. The van der Waals surface area contributed by atoms with E-state index in [0.717, 1.165) is 25.1 Å². The third kappa shape index (κ3) is 4.72. The largest absolute Gasteiger partial charge is 0.496 e. The zero-order chi connectivity index (χ0) is 16.0. The van der Waals surface area contributed by atoms with Gasteiger partial charge in [0.2, 0.25) is 0 Å². The zero-order valence-electron chi connectivity index (χ0n) is 14.8. The van der Waals surface area contributed by atoms with Crippen LogP contribution in [0.15, 0.2) is 18.2 Å². The second kappa shape index (κ2) is 7.81. The third-order valence-corrected chi connectivity index (χ3v) is 4.51. The van der Waals surface area contributed by atoms with E-state index in [-0.39, 0.29) is 5.54 Å². The van der Waals surface area contributed by atoms with Crippen molar-refractivity contribution in [3.05, 3.63) is 29.3 Å². The van der Waals surface area contributed by atoms with E-state index in [1.165, 1.54) is 11.1 Å². The molecule has 3 heteroatoms. The van der Waals surface area contributed by atoms with Gasteiger partial charge in [0, 0.05) is 11.6 Å². The molecule has 1 atom stereocenters. The van der Waals surface area contributed by atoms with Crippen molar-refractivity contribution in [2.75, 3.05) is 27.7 Å². The first-order chi connectivity index (χ1) is 9.82. The molecule has 1 aromatic carbocycles. The molecule has 3 nitrogen and oxygen atoms in total. The van der Waals surface area contributed by atoms with Crippen LogP contribution in [-0.4, -0.2) is 44.2 Å². The standard InChI is InChI=1S/C18H32N2O/c1-8-11-19-17(18(3,4)20(5)6)13-15-12-14(2)9-10-16(15)21-7/h9-10,12,17,19H,8,11,13H2,1-7H3. The SMILES string of the molecule is CCCNC(Cc1cc(C)ccc1OC)C(C)(C)N(C)C. The lowest BCUT2D eigenvalue weighted by atomic mass is 9.87. The fourth-order valence-corrected chi connectivity index (χ4v) is 2.49. The average Bonchev–Trinajstić information content (AvgIpc) is 2.43. The van der Waals surface area contributed by atoms with Gasteiger partial charge >= 0.3 is 0 Å². The number of likely N-dealkylation sites (N-methyl/N-ethyl adjacent to an activating group) is 1. The summed E-state index contributed by atoms with van der Waals surface area (Å²) in [6, 6.07) is 6.80. The van der Waals surface area contributed by atoms with E-state index in [4.69, 9.17) is 4.74 Å². The normalized spacial score (nSPS) is 13.5. The van der Waals surface area contributed by atoms with Crippen LogP contribution in [0.1, 0.15) is 38.3 Å². The topological polar surface area (TPSA) is 24.5 Å². The molecule has 0 spiro atoms. The lowest BCUT2D eigenvalue weighted by Crippen LogP contribution is -2.56. The molecule has 0 aliphatic rings. The number of aryl methyl sites for hydroxylation is 1. The van der Waals surface area contributed by atoms with Crippen LogP contribution >= 0.6 is 0 Å². The van der Waals surface area contributed by atoms with Crippen molar-refractivity contribution >= 4 is 0 Å². The van der Waals surface area contributed by atoms with Crippen molar-refractivity contribution in [3.63, 3.8) is 0 Å². The monoisotopic (exact) mass is 292 g/mol. The van der Waals surface area contributed by atoms with E-state index in [9.17, 15) is 0 Å². The molecule has 0 bridgehead atoms. The van der Waals surface area contributed by atoms with Gasteiger partial charge in [-0.15, -0.1) is 0 Å². The number of methoxy groups -OCH3 is 1. The number of hydrogen-bond acceptors (Lipinski definition) is 3. The highest BCUT2D eigenvalue weighted by Crippen LogP contribution is 2.26. The number of nitrogens with zero attached hydrogens (tertiary/aromatic N) is 1. The summed E-state index contributed by atoms with van der Waals surface area (Å²) in [6.45, 7) is 9.97. The van der Waals surface area contributed by atoms with Crippen LogP contribution in [0.2, 0.25) is 0 Å². The number of rotatable bonds is 8. The van der Waals surface area contributed by atoms with Crippen LogP contribution in [0.25, 0.3) is 0 Å². The quantitative estimate of drug-likeness (QED) is 0.796. The Kier molecular flexibility index (Phi) is 6.69. The summed E-state index contributed by atoms with van der Waals surface area (Å²) < 4.78 is 5.54. The summed E-state index contributed by atoms with van der Waals surface area (Å²) in [5.74, 6) is 0.985. The zero-order valence-corrected chi connectivity index (χ0v) is 14.8. The Bertz CT molecular complexity index is 441. The third-order valence-electron chi connectivity index (χ3n) is 4.51. The first kappa shape index (κ1) is 18.0. The minimum absolute atomic E-state index is 0.0733. The number of ether oxygens (including phenoxy) is 1. The lowest BCUT2D eigenvalue weighted by Gasteiger charge is -2.41. The molecule has 0 aromatic heterocycles. The van der Waals surface area contributed by atoms with Gasteiger partial charge in [0.25, 0.3) is 0 Å². The first-order valence-corrected chi connectivity index (χ1v) is 7.87. The molecule has 1 aromatic rings. The molecule has 0 saturated carbocycles. The Morgan fingerprint density at radius 3 is 2.48 bits per heavy atom. The summed E-state index contributed by atoms with van der Waals surface area (Å²) in [4.78, 5) is 2.29. The number of nitrogens with one attached hydrogen (secondary N) is 1. The smallest absolute Gasteiger partial charge is 0.122 e. The predicted molar refractivity (Wildman–Crippen MR) is 91.3 cm³/mol. The van der Waals surface area contributed by atoms with Gasteiger partial charge in [-0.2, -0.15) is 0 Å². The van der Waals surface area contributed by atoms with E-state index < -0.39 is 0 Å². The van der Waals surface area contributed by atoms with Crippen LogP contribution in [0, 0.1) is 6.92 Å². The first-order valence-electron chi connectivity index (χ1n) is 7.87. The molecule has 0 fully saturated rings. The molecule has 0 aliphatic carbocycles. The maximum atomic E-state index is 5.54. The summed E-state index contributed by atoms with van der Waals surface area (Å²) in [7, 11) is 6.04. The minimum Gasteiger partial charge on any atom is -0.496 e. The van der Waals surface area contributed by atoms with Crippen molar-refractivity contribution in [1.29, 1.82) is 0 Å². The number of benzene rings is 1. The molecule has 1 N–H and O–H groups in total. The van der Waals surface area contributed by atoms with Crippen LogP contribution in [0.4, 0.5) is 0 Å². The van der Waals surface area contributed by atoms with Crippen molar-refractivity contribution in [2.24, 2.45) is 0 Å². The Labute approximate surface area is 130 Å². The van der Waals surface area contributed by atoms with E-state index in [2.05, 4.69) is 70.2 Å². The fraction of sp³-hybridized carbons (Fsp3) is 0.667. The van der Waals surface area contributed by atoms with Gasteiger partial charge in [-0.25, -0.2) is 0 Å². The van der Waals surface area contributed by atoms with Gasteiger partial charge in [-0.05, 0) is 65.9 Å². The van der Waals surface area contributed by atoms with Gasteiger partial charge in [-0.3, -0.25) is 0 Å². The maximum absolute atomic E-state index is 5.54. The summed E-state index contributed by atoms with van der Waals surface area (Å²) in [5, 5.41) is 3.71.